The summed E-state index contributed by atoms with van der Waals surface area (Å²) >= 11 is 0. The standard InChI is InChI=1S/C19H23NO2/c1-22-18-10-5-9-17(13-18)19(21)11-6-12-20(15-19)14-16-7-3-2-4-8-16/h2-5,7-10,13,21H,6,11-12,14-15H2,1H3. The Morgan fingerprint density at radius 1 is 1.14 bits per heavy atom. The molecule has 1 aliphatic rings. The third-order valence-corrected chi connectivity index (χ3v) is 4.41. The molecule has 0 bridgehead atoms. The van der Waals surface area contributed by atoms with Crippen LogP contribution in [0.4, 0.5) is 0 Å². The highest BCUT2D eigenvalue weighted by molar-refractivity contribution is 5.33. The van der Waals surface area contributed by atoms with Crippen molar-refractivity contribution >= 4 is 0 Å². The van der Waals surface area contributed by atoms with Crippen LogP contribution in [0.15, 0.2) is 54.6 Å². The van der Waals surface area contributed by atoms with Gasteiger partial charge in [0, 0.05) is 13.1 Å². The number of aliphatic hydroxyl groups is 1. The van der Waals surface area contributed by atoms with Gasteiger partial charge < -0.3 is 9.84 Å². The van der Waals surface area contributed by atoms with Gasteiger partial charge in [-0.1, -0.05) is 42.5 Å². The van der Waals surface area contributed by atoms with Gasteiger partial charge in [-0.25, -0.2) is 0 Å². The highest BCUT2D eigenvalue weighted by atomic mass is 16.5. The van der Waals surface area contributed by atoms with E-state index in [1.54, 1.807) is 7.11 Å². The van der Waals surface area contributed by atoms with Crippen LogP contribution in [0.2, 0.25) is 0 Å². The molecule has 3 rings (SSSR count). The van der Waals surface area contributed by atoms with E-state index < -0.39 is 5.60 Å². The Morgan fingerprint density at radius 2 is 1.95 bits per heavy atom. The molecule has 1 fully saturated rings. The van der Waals surface area contributed by atoms with Crippen LogP contribution in [0.3, 0.4) is 0 Å². The second kappa shape index (κ2) is 6.51. The van der Waals surface area contributed by atoms with Crippen LogP contribution in [0.25, 0.3) is 0 Å². The third-order valence-electron chi connectivity index (χ3n) is 4.41. The van der Waals surface area contributed by atoms with E-state index in [4.69, 9.17) is 4.74 Å². The van der Waals surface area contributed by atoms with E-state index in [1.807, 2.05) is 30.3 Å². The van der Waals surface area contributed by atoms with Crippen LogP contribution in [-0.4, -0.2) is 30.2 Å². The first kappa shape index (κ1) is 15.1. The maximum absolute atomic E-state index is 11.1. The first-order valence-corrected chi connectivity index (χ1v) is 7.83. The van der Waals surface area contributed by atoms with Crippen molar-refractivity contribution in [3.8, 4) is 5.75 Å². The molecule has 3 nitrogen and oxygen atoms in total. The van der Waals surface area contributed by atoms with Gasteiger partial charge in [0.15, 0.2) is 0 Å². The molecule has 3 heteroatoms. The smallest absolute Gasteiger partial charge is 0.119 e. The molecular weight excluding hydrogens is 274 g/mol. The number of hydrogen-bond donors (Lipinski definition) is 1. The molecule has 116 valence electrons. The molecule has 2 aromatic rings. The summed E-state index contributed by atoms with van der Waals surface area (Å²) in [6.45, 7) is 2.57. The zero-order chi connectivity index (χ0) is 15.4. The highest BCUT2D eigenvalue weighted by Crippen LogP contribution is 2.33. The van der Waals surface area contributed by atoms with Gasteiger partial charge in [-0.2, -0.15) is 0 Å². The van der Waals surface area contributed by atoms with Crippen LogP contribution in [0.5, 0.6) is 5.75 Å². The van der Waals surface area contributed by atoms with Crippen molar-refractivity contribution in [1.29, 1.82) is 0 Å². The average Bonchev–Trinajstić information content (AvgIpc) is 2.56. The van der Waals surface area contributed by atoms with Crippen LogP contribution in [-0.2, 0) is 12.1 Å². The van der Waals surface area contributed by atoms with Crippen molar-refractivity contribution in [2.45, 2.75) is 25.0 Å². The largest absolute Gasteiger partial charge is 0.497 e. The minimum absolute atomic E-state index is 0.662. The molecule has 1 heterocycles. The summed E-state index contributed by atoms with van der Waals surface area (Å²) in [5.41, 5.74) is 1.45. The van der Waals surface area contributed by atoms with Crippen LogP contribution in [0, 0.1) is 0 Å². The molecule has 0 amide bonds. The maximum atomic E-state index is 11.1. The van der Waals surface area contributed by atoms with Crippen LogP contribution in [0.1, 0.15) is 24.0 Å². The molecule has 1 atom stereocenters. The van der Waals surface area contributed by atoms with Crippen molar-refractivity contribution < 1.29 is 9.84 Å². The lowest BCUT2D eigenvalue weighted by Gasteiger charge is -2.39. The van der Waals surface area contributed by atoms with Crippen molar-refractivity contribution in [2.24, 2.45) is 0 Å². The number of benzene rings is 2. The van der Waals surface area contributed by atoms with Gasteiger partial charge in [-0.05, 0) is 42.6 Å². The SMILES string of the molecule is COc1cccc(C2(O)CCCN(Cc3ccccc3)C2)c1. The Balaban J connectivity index is 1.76. The number of nitrogens with zero attached hydrogens (tertiary/aromatic N) is 1. The number of likely N-dealkylation sites (tertiary alicyclic amines) is 1. The van der Waals surface area contributed by atoms with Gasteiger partial charge in [-0.3, -0.25) is 4.90 Å². The summed E-state index contributed by atoms with van der Waals surface area (Å²) in [5.74, 6) is 0.797. The number of ether oxygens (including phenoxy) is 1. The van der Waals surface area contributed by atoms with E-state index in [9.17, 15) is 5.11 Å². The summed E-state index contributed by atoms with van der Waals surface area (Å²) in [7, 11) is 1.66. The number of piperidine rings is 1. The number of methoxy groups -OCH3 is 1. The van der Waals surface area contributed by atoms with E-state index >= 15 is 0 Å². The number of rotatable bonds is 4. The summed E-state index contributed by atoms with van der Waals surface area (Å²) < 4.78 is 5.29. The molecule has 0 aromatic heterocycles. The predicted octanol–water partition coefficient (Wildman–Crippen LogP) is 3.18. The molecular formula is C19H23NO2. The summed E-state index contributed by atoms with van der Waals surface area (Å²) in [4.78, 5) is 2.33. The lowest BCUT2D eigenvalue weighted by Crippen LogP contribution is -2.45. The summed E-state index contributed by atoms with van der Waals surface area (Å²) in [5, 5.41) is 11.1. The molecule has 2 aromatic carbocycles. The molecule has 0 spiro atoms. The Morgan fingerprint density at radius 3 is 2.73 bits per heavy atom. The van der Waals surface area contributed by atoms with Crippen molar-refractivity contribution in [2.75, 3.05) is 20.2 Å². The Labute approximate surface area is 132 Å². The van der Waals surface area contributed by atoms with Gasteiger partial charge in [0.25, 0.3) is 0 Å². The van der Waals surface area contributed by atoms with Crippen molar-refractivity contribution in [1.82, 2.24) is 4.90 Å². The van der Waals surface area contributed by atoms with Crippen molar-refractivity contribution in [3.05, 3.63) is 65.7 Å². The highest BCUT2D eigenvalue weighted by Gasteiger charge is 2.35. The summed E-state index contributed by atoms with van der Waals surface area (Å²) in [6.07, 6.45) is 1.80. The second-order valence-electron chi connectivity index (χ2n) is 6.06. The Kier molecular flexibility index (Phi) is 4.46. The predicted molar refractivity (Wildman–Crippen MR) is 87.8 cm³/mol. The molecule has 0 saturated carbocycles. The fraction of sp³-hybridized carbons (Fsp3) is 0.368. The number of hydrogen-bond acceptors (Lipinski definition) is 3. The van der Waals surface area contributed by atoms with Gasteiger partial charge in [0.05, 0.1) is 7.11 Å². The fourth-order valence-corrected chi connectivity index (χ4v) is 3.25. The van der Waals surface area contributed by atoms with E-state index in [2.05, 4.69) is 29.2 Å². The Hall–Kier alpha value is -1.84. The monoisotopic (exact) mass is 297 g/mol. The minimum atomic E-state index is -0.790. The fourth-order valence-electron chi connectivity index (χ4n) is 3.25. The van der Waals surface area contributed by atoms with Gasteiger partial charge in [-0.15, -0.1) is 0 Å². The zero-order valence-electron chi connectivity index (χ0n) is 13.0. The lowest BCUT2D eigenvalue weighted by molar-refractivity contribution is -0.0382. The first-order valence-electron chi connectivity index (χ1n) is 7.83. The normalized spacial score (nSPS) is 22.5. The zero-order valence-corrected chi connectivity index (χ0v) is 13.0. The van der Waals surface area contributed by atoms with Gasteiger partial charge >= 0.3 is 0 Å². The summed E-state index contributed by atoms with van der Waals surface area (Å²) in [6, 6.07) is 18.2. The number of β-amino-alcohol motifs (C(OH)–C–C–N with tert-alkyl or cyclic N) is 1. The molecule has 0 aliphatic carbocycles. The topological polar surface area (TPSA) is 32.7 Å². The van der Waals surface area contributed by atoms with Crippen molar-refractivity contribution in [3.63, 3.8) is 0 Å². The maximum Gasteiger partial charge on any atom is 0.119 e. The van der Waals surface area contributed by atoms with E-state index in [1.165, 1.54) is 5.56 Å². The van der Waals surface area contributed by atoms with Gasteiger partial charge in [0.1, 0.15) is 11.4 Å². The lowest BCUT2D eigenvalue weighted by atomic mass is 9.85. The van der Waals surface area contributed by atoms with Crippen LogP contribution < -0.4 is 4.74 Å². The molecule has 1 N–H and O–H groups in total. The van der Waals surface area contributed by atoms with E-state index in [0.29, 0.717) is 6.54 Å². The molecule has 1 saturated heterocycles. The molecule has 22 heavy (non-hydrogen) atoms. The molecule has 0 radical (unpaired) electrons. The quantitative estimate of drug-likeness (QED) is 0.941. The van der Waals surface area contributed by atoms with Gasteiger partial charge in [0.2, 0.25) is 0 Å². The van der Waals surface area contributed by atoms with E-state index in [-0.39, 0.29) is 0 Å². The Bertz CT molecular complexity index is 614. The average molecular weight is 297 g/mol. The first-order chi connectivity index (χ1) is 10.7. The molecule has 1 unspecified atom stereocenters. The van der Waals surface area contributed by atoms with E-state index in [0.717, 1.165) is 37.2 Å². The second-order valence-corrected chi connectivity index (χ2v) is 6.06. The van der Waals surface area contributed by atoms with Crippen LogP contribution >= 0.6 is 0 Å². The molecule has 1 aliphatic heterocycles. The minimum Gasteiger partial charge on any atom is -0.497 e. The third kappa shape index (κ3) is 3.32.